The standard InChI is InChI=1S/C12H6Br2FN3O/c13-9-5-17-18(12(19)10(9)14)6-8-3-1-2-7(4-16)11(8)15/h1-3,5H,6H2. The van der Waals surface area contributed by atoms with Gasteiger partial charge in [0.05, 0.1) is 22.8 Å². The summed E-state index contributed by atoms with van der Waals surface area (Å²) in [4.78, 5) is 11.9. The molecule has 1 aromatic carbocycles. The maximum atomic E-state index is 13.9. The van der Waals surface area contributed by atoms with Crippen molar-refractivity contribution in [3.63, 3.8) is 0 Å². The van der Waals surface area contributed by atoms with Gasteiger partial charge in [-0.25, -0.2) is 9.07 Å². The lowest BCUT2D eigenvalue weighted by atomic mass is 10.1. The second-order valence-corrected chi connectivity index (χ2v) is 5.31. The molecular weight excluding hydrogens is 381 g/mol. The first kappa shape index (κ1) is 13.9. The molecule has 96 valence electrons. The molecule has 0 aliphatic carbocycles. The molecule has 7 heteroatoms. The van der Waals surface area contributed by atoms with Crippen molar-refractivity contribution in [2.75, 3.05) is 0 Å². The SMILES string of the molecule is N#Cc1cccc(Cn2ncc(Br)c(Br)c2=O)c1F. The molecule has 0 saturated heterocycles. The largest absolute Gasteiger partial charge is 0.282 e. The zero-order chi connectivity index (χ0) is 14.0. The second kappa shape index (κ2) is 5.63. The van der Waals surface area contributed by atoms with Crippen LogP contribution in [0.15, 0.2) is 38.1 Å². The highest BCUT2D eigenvalue weighted by molar-refractivity contribution is 9.13. The molecule has 0 bridgehead atoms. The highest BCUT2D eigenvalue weighted by Crippen LogP contribution is 2.17. The van der Waals surface area contributed by atoms with Gasteiger partial charge in [0.1, 0.15) is 16.4 Å². The number of nitriles is 1. The molecule has 0 aliphatic rings. The first-order chi connectivity index (χ1) is 9.04. The van der Waals surface area contributed by atoms with Crippen LogP contribution in [0.25, 0.3) is 0 Å². The summed E-state index contributed by atoms with van der Waals surface area (Å²) >= 11 is 6.29. The van der Waals surface area contributed by atoms with Crippen LogP contribution in [0, 0.1) is 17.1 Å². The number of benzene rings is 1. The van der Waals surface area contributed by atoms with Crippen molar-refractivity contribution in [1.82, 2.24) is 9.78 Å². The topological polar surface area (TPSA) is 58.7 Å². The number of rotatable bonds is 2. The summed E-state index contributed by atoms with van der Waals surface area (Å²) in [5.74, 6) is -0.627. The number of hydrogen-bond donors (Lipinski definition) is 0. The van der Waals surface area contributed by atoms with E-state index in [2.05, 4.69) is 37.0 Å². The molecule has 0 atom stereocenters. The van der Waals surface area contributed by atoms with Crippen molar-refractivity contribution in [2.24, 2.45) is 0 Å². The van der Waals surface area contributed by atoms with E-state index in [0.29, 0.717) is 8.95 Å². The minimum Gasteiger partial charge on any atom is -0.266 e. The lowest BCUT2D eigenvalue weighted by Crippen LogP contribution is -2.24. The molecule has 0 saturated carbocycles. The van der Waals surface area contributed by atoms with Crippen molar-refractivity contribution in [1.29, 1.82) is 5.26 Å². The normalized spacial score (nSPS) is 10.2. The minimum atomic E-state index is -0.627. The van der Waals surface area contributed by atoms with E-state index in [-0.39, 0.29) is 23.2 Å². The average molecular weight is 387 g/mol. The van der Waals surface area contributed by atoms with Gasteiger partial charge in [0.15, 0.2) is 0 Å². The summed E-state index contributed by atoms with van der Waals surface area (Å²) < 4.78 is 15.8. The van der Waals surface area contributed by atoms with Gasteiger partial charge >= 0.3 is 0 Å². The molecule has 0 unspecified atom stereocenters. The molecule has 0 fully saturated rings. The van der Waals surface area contributed by atoms with Crippen LogP contribution in [0.2, 0.25) is 0 Å². The quantitative estimate of drug-likeness (QED) is 0.797. The van der Waals surface area contributed by atoms with Crippen molar-refractivity contribution < 1.29 is 4.39 Å². The van der Waals surface area contributed by atoms with Crippen molar-refractivity contribution in [3.05, 3.63) is 60.6 Å². The van der Waals surface area contributed by atoms with Crippen LogP contribution in [0.4, 0.5) is 4.39 Å². The Balaban J connectivity index is 2.46. The Bertz CT molecular complexity index is 737. The van der Waals surface area contributed by atoms with Crippen LogP contribution in [0.3, 0.4) is 0 Å². The third-order valence-electron chi connectivity index (χ3n) is 2.46. The Morgan fingerprint density at radius 3 is 2.84 bits per heavy atom. The molecule has 2 aromatic rings. The lowest BCUT2D eigenvalue weighted by Gasteiger charge is -2.07. The molecule has 4 nitrogen and oxygen atoms in total. The third kappa shape index (κ3) is 2.74. The van der Waals surface area contributed by atoms with Crippen LogP contribution >= 0.6 is 31.9 Å². The summed E-state index contributed by atoms with van der Waals surface area (Å²) in [5.41, 5.74) is -0.194. The Morgan fingerprint density at radius 2 is 2.16 bits per heavy atom. The average Bonchev–Trinajstić information content (AvgIpc) is 2.41. The molecular formula is C12H6Br2FN3O. The van der Waals surface area contributed by atoms with Gasteiger partial charge in [-0.1, -0.05) is 12.1 Å². The molecule has 1 aromatic heterocycles. The zero-order valence-electron chi connectivity index (χ0n) is 9.40. The van der Waals surface area contributed by atoms with E-state index in [0.717, 1.165) is 4.68 Å². The van der Waals surface area contributed by atoms with Gasteiger partial charge in [-0.15, -0.1) is 0 Å². The van der Waals surface area contributed by atoms with E-state index in [1.807, 2.05) is 0 Å². The molecule has 0 spiro atoms. The predicted molar refractivity (Wildman–Crippen MR) is 74.1 cm³/mol. The fraction of sp³-hybridized carbons (Fsp3) is 0.0833. The molecule has 0 radical (unpaired) electrons. The summed E-state index contributed by atoms with van der Waals surface area (Å²) in [6.07, 6.45) is 1.44. The summed E-state index contributed by atoms with van der Waals surface area (Å²) in [6, 6.07) is 6.22. The molecule has 0 N–H and O–H groups in total. The molecule has 1 heterocycles. The predicted octanol–water partition coefficient (Wildman–Crippen LogP) is 2.83. The van der Waals surface area contributed by atoms with E-state index in [1.54, 1.807) is 12.1 Å². The van der Waals surface area contributed by atoms with Crippen LogP contribution in [-0.2, 0) is 6.54 Å². The monoisotopic (exact) mass is 385 g/mol. The molecule has 2 rings (SSSR count). The van der Waals surface area contributed by atoms with Gasteiger partial charge in [0, 0.05) is 5.56 Å². The number of nitrogens with zero attached hydrogens (tertiary/aromatic N) is 3. The fourth-order valence-corrected chi connectivity index (χ4v) is 2.08. The smallest absolute Gasteiger partial charge is 0.266 e. The van der Waals surface area contributed by atoms with Crippen LogP contribution in [-0.4, -0.2) is 9.78 Å². The van der Waals surface area contributed by atoms with E-state index in [1.165, 1.54) is 18.3 Å². The Kier molecular flexibility index (Phi) is 4.12. The zero-order valence-corrected chi connectivity index (χ0v) is 12.6. The third-order valence-corrected chi connectivity index (χ3v) is 4.36. The van der Waals surface area contributed by atoms with Crippen molar-refractivity contribution in [3.8, 4) is 6.07 Å². The maximum absolute atomic E-state index is 13.9. The second-order valence-electron chi connectivity index (χ2n) is 3.66. The fourth-order valence-electron chi connectivity index (χ4n) is 1.51. The Labute approximate surface area is 124 Å². The molecule has 19 heavy (non-hydrogen) atoms. The summed E-state index contributed by atoms with van der Waals surface area (Å²) in [7, 11) is 0. The maximum Gasteiger partial charge on any atom is 0.282 e. The summed E-state index contributed by atoms with van der Waals surface area (Å²) in [5, 5.41) is 12.7. The number of aromatic nitrogens is 2. The Hall–Kier alpha value is -1.52. The van der Waals surface area contributed by atoms with Crippen LogP contribution in [0.5, 0.6) is 0 Å². The molecule has 0 aliphatic heterocycles. The van der Waals surface area contributed by atoms with Crippen LogP contribution < -0.4 is 5.56 Å². The summed E-state index contributed by atoms with van der Waals surface area (Å²) in [6.45, 7) is -0.0356. The van der Waals surface area contributed by atoms with Gasteiger partial charge < -0.3 is 0 Å². The van der Waals surface area contributed by atoms with E-state index in [9.17, 15) is 9.18 Å². The van der Waals surface area contributed by atoms with E-state index < -0.39 is 5.82 Å². The van der Waals surface area contributed by atoms with Crippen molar-refractivity contribution >= 4 is 31.9 Å². The van der Waals surface area contributed by atoms with Gasteiger partial charge in [0.25, 0.3) is 5.56 Å². The Morgan fingerprint density at radius 1 is 1.42 bits per heavy atom. The molecule has 0 amide bonds. The van der Waals surface area contributed by atoms with Gasteiger partial charge in [-0.05, 0) is 37.9 Å². The van der Waals surface area contributed by atoms with Crippen LogP contribution in [0.1, 0.15) is 11.1 Å². The van der Waals surface area contributed by atoms with Gasteiger partial charge in [-0.2, -0.15) is 10.4 Å². The highest BCUT2D eigenvalue weighted by Gasteiger charge is 2.11. The first-order valence-corrected chi connectivity index (χ1v) is 6.71. The lowest BCUT2D eigenvalue weighted by molar-refractivity contribution is 0.568. The number of halogens is 3. The highest BCUT2D eigenvalue weighted by atomic mass is 79.9. The van der Waals surface area contributed by atoms with Crippen molar-refractivity contribution in [2.45, 2.75) is 6.54 Å². The van der Waals surface area contributed by atoms with E-state index >= 15 is 0 Å². The number of hydrogen-bond acceptors (Lipinski definition) is 3. The van der Waals surface area contributed by atoms with E-state index in [4.69, 9.17) is 5.26 Å². The van der Waals surface area contributed by atoms with Gasteiger partial charge in [0.2, 0.25) is 0 Å². The minimum absolute atomic E-state index is 0.0356. The first-order valence-electron chi connectivity index (χ1n) is 5.13. The van der Waals surface area contributed by atoms with Gasteiger partial charge in [-0.3, -0.25) is 4.79 Å².